The summed E-state index contributed by atoms with van der Waals surface area (Å²) in [5.41, 5.74) is 1.25. The SMILES string of the molecule is CC(C)(C)CC(C)(C)C1CCC(O)C(C(C)(C)CC(C)(C)C)C1. The molecule has 1 fully saturated rings. The molecule has 1 nitrogen and oxygen atoms in total. The maximum atomic E-state index is 10.7. The van der Waals surface area contributed by atoms with Gasteiger partial charge in [0, 0.05) is 0 Å². The van der Waals surface area contributed by atoms with E-state index >= 15 is 0 Å². The lowest BCUT2D eigenvalue weighted by Gasteiger charge is -2.50. The quantitative estimate of drug-likeness (QED) is 0.611. The molecular weight excluding hydrogens is 280 g/mol. The lowest BCUT2D eigenvalue weighted by atomic mass is 9.57. The molecule has 0 spiro atoms. The van der Waals surface area contributed by atoms with Gasteiger partial charge < -0.3 is 5.11 Å². The summed E-state index contributed by atoms with van der Waals surface area (Å²) in [6.07, 6.45) is 5.67. The minimum absolute atomic E-state index is 0.117. The van der Waals surface area contributed by atoms with Crippen molar-refractivity contribution in [2.45, 2.75) is 107 Å². The van der Waals surface area contributed by atoms with Crippen molar-refractivity contribution >= 4 is 0 Å². The van der Waals surface area contributed by atoms with Crippen molar-refractivity contribution in [2.24, 2.45) is 33.5 Å². The summed E-state index contributed by atoms with van der Waals surface area (Å²) in [7, 11) is 0. The Morgan fingerprint density at radius 3 is 1.57 bits per heavy atom. The molecule has 138 valence electrons. The van der Waals surface area contributed by atoms with E-state index in [1.807, 2.05) is 0 Å². The topological polar surface area (TPSA) is 20.2 Å². The van der Waals surface area contributed by atoms with Gasteiger partial charge in [0.25, 0.3) is 0 Å². The van der Waals surface area contributed by atoms with Crippen molar-refractivity contribution in [1.29, 1.82) is 0 Å². The van der Waals surface area contributed by atoms with Crippen molar-refractivity contribution in [2.75, 3.05) is 0 Å². The smallest absolute Gasteiger partial charge is 0.0573 e. The second-order valence-corrected chi connectivity index (χ2v) is 12.1. The third kappa shape index (κ3) is 6.40. The molecule has 3 atom stereocenters. The van der Waals surface area contributed by atoms with E-state index in [1.165, 1.54) is 25.7 Å². The molecule has 0 radical (unpaired) electrons. The molecule has 23 heavy (non-hydrogen) atoms. The third-order valence-corrected chi connectivity index (χ3v) is 5.89. The summed E-state index contributed by atoms with van der Waals surface area (Å²) in [6, 6.07) is 0. The molecule has 0 bridgehead atoms. The van der Waals surface area contributed by atoms with Crippen LogP contribution >= 0.6 is 0 Å². The summed E-state index contributed by atoms with van der Waals surface area (Å²) in [5.74, 6) is 1.16. The Balaban J connectivity index is 2.91. The Labute approximate surface area is 146 Å². The highest BCUT2D eigenvalue weighted by atomic mass is 16.3. The maximum absolute atomic E-state index is 10.7. The zero-order valence-electron chi connectivity index (χ0n) is 17.7. The first-order valence-electron chi connectivity index (χ1n) is 9.72. The van der Waals surface area contributed by atoms with Gasteiger partial charge in [-0.05, 0) is 65.6 Å². The Hall–Kier alpha value is -0.0400. The summed E-state index contributed by atoms with van der Waals surface area (Å²) in [6.45, 7) is 23.7. The van der Waals surface area contributed by atoms with Gasteiger partial charge in [0.05, 0.1) is 6.10 Å². The van der Waals surface area contributed by atoms with Crippen LogP contribution in [-0.2, 0) is 0 Å². The number of hydrogen-bond donors (Lipinski definition) is 1. The van der Waals surface area contributed by atoms with Crippen LogP contribution in [0.1, 0.15) is 101 Å². The van der Waals surface area contributed by atoms with Crippen LogP contribution in [0.4, 0.5) is 0 Å². The summed E-state index contributed by atoms with van der Waals surface area (Å²) in [5, 5.41) is 10.7. The standard InChI is InChI=1S/C22H44O/c1-19(2,3)14-21(7,8)16-11-12-18(23)17(13-16)22(9,10)15-20(4,5)6/h16-18,23H,11-15H2,1-10H3. The van der Waals surface area contributed by atoms with Crippen molar-refractivity contribution in [1.82, 2.24) is 0 Å². The van der Waals surface area contributed by atoms with Crippen LogP contribution in [-0.4, -0.2) is 11.2 Å². The molecule has 1 rings (SSSR count). The van der Waals surface area contributed by atoms with E-state index < -0.39 is 0 Å². The van der Waals surface area contributed by atoms with Crippen LogP contribution < -0.4 is 0 Å². The van der Waals surface area contributed by atoms with Crippen molar-refractivity contribution in [3.05, 3.63) is 0 Å². The van der Waals surface area contributed by atoms with Gasteiger partial charge >= 0.3 is 0 Å². The van der Waals surface area contributed by atoms with Crippen LogP contribution in [0, 0.1) is 33.5 Å². The Kier molecular flexibility index (Phi) is 6.11. The van der Waals surface area contributed by atoms with Gasteiger partial charge in [-0.1, -0.05) is 69.2 Å². The fourth-order valence-electron chi connectivity index (χ4n) is 5.71. The molecule has 1 aliphatic carbocycles. The highest BCUT2D eigenvalue weighted by molar-refractivity contribution is 4.95. The number of aliphatic hydroxyl groups is 1. The van der Waals surface area contributed by atoms with Crippen LogP contribution in [0.2, 0.25) is 0 Å². The van der Waals surface area contributed by atoms with E-state index in [1.54, 1.807) is 0 Å². The fraction of sp³-hybridized carbons (Fsp3) is 1.00. The molecule has 0 saturated heterocycles. The minimum Gasteiger partial charge on any atom is -0.393 e. The lowest BCUT2D eigenvalue weighted by Crippen LogP contribution is -2.44. The van der Waals surface area contributed by atoms with Crippen molar-refractivity contribution in [3.63, 3.8) is 0 Å². The molecule has 0 aromatic heterocycles. The third-order valence-electron chi connectivity index (χ3n) is 5.89. The Morgan fingerprint density at radius 1 is 0.696 bits per heavy atom. The first-order chi connectivity index (χ1) is 10.0. The van der Waals surface area contributed by atoms with Gasteiger partial charge in [-0.3, -0.25) is 0 Å². The average Bonchev–Trinajstić information content (AvgIpc) is 2.21. The van der Waals surface area contributed by atoms with Gasteiger partial charge in [-0.25, -0.2) is 0 Å². The normalized spacial score (nSPS) is 28.0. The van der Waals surface area contributed by atoms with E-state index in [0.717, 1.165) is 12.3 Å². The minimum atomic E-state index is -0.117. The molecule has 0 heterocycles. The van der Waals surface area contributed by atoms with Crippen molar-refractivity contribution in [3.8, 4) is 0 Å². The van der Waals surface area contributed by atoms with E-state index in [4.69, 9.17) is 0 Å². The van der Waals surface area contributed by atoms with E-state index in [9.17, 15) is 5.11 Å². The predicted octanol–water partition coefficient (Wildman–Crippen LogP) is 6.69. The molecule has 1 aliphatic rings. The van der Waals surface area contributed by atoms with Crippen LogP contribution in [0.5, 0.6) is 0 Å². The Bertz CT molecular complexity index is 378. The second kappa shape index (κ2) is 6.70. The molecule has 3 unspecified atom stereocenters. The van der Waals surface area contributed by atoms with Crippen LogP contribution in [0.3, 0.4) is 0 Å². The fourth-order valence-corrected chi connectivity index (χ4v) is 5.71. The number of rotatable bonds is 4. The second-order valence-electron chi connectivity index (χ2n) is 12.1. The molecule has 0 aromatic rings. The highest BCUT2D eigenvalue weighted by Crippen LogP contribution is 2.52. The zero-order valence-corrected chi connectivity index (χ0v) is 17.7. The van der Waals surface area contributed by atoms with E-state index in [2.05, 4.69) is 69.2 Å². The molecule has 1 N–H and O–H groups in total. The first-order valence-corrected chi connectivity index (χ1v) is 9.72. The van der Waals surface area contributed by atoms with E-state index in [0.29, 0.717) is 22.2 Å². The van der Waals surface area contributed by atoms with Gasteiger partial charge in [0.1, 0.15) is 0 Å². The van der Waals surface area contributed by atoms with Gasteiger partial charge in [0.2, 0.25) is 0 Å². The van der Waals surface area contributed by atoms with Crippen LogP contribution in [0.15, 0.2) is 0 Å². The zero-order chi connectivity index (χ0) is 18.3. The largest absolute Gasteiger partial charge is 0.393 e. The average molecular weight is 325 g/mol. The molecule has 0 amide bonds. The van der Waals surface area contributed by atoms with Gasteiger partial charge in [-0.2, -0.15) is 0 Å². The molecule has 0 aliphatic heterocycles. The number of hydrogen-bond acceptors (Lipinski definition) is 1. The summed E-state index contributed by atoms with van der Waals surface area (Å²) in [4.78, 5) is 0. The summed E-state index contributed by atoms with van der Waals surface area (Å²) < 4.78 is 0. The highest BCUT2D eigenvalue weighted by Gasteiger charge is 2.45. The van der Waals surface area contributed by atoms with Crippen LogP contribution in [0.25, 0.3) is 0 Å². The monoisotopic (exact) mass is 324 g/mol. The number of aliphatic hydroxyl groups excluding tert-OH is 1. The van der Waals surface area contributed by atoms with Gasteiger partial charge in [-0.15, -0.1) is 0 Å². The van der Waals surface area contributed by atoms with Gasteiger partial charge in [0.15, 0.2) is 0 Å². The molecule has 1 saturated carbocycles. The molecular formula is C22H44O. The van der Waals surface area contributed by atoms with Crippen molar-refractivity contribution < 1.29 is 5.11 Å². The predicted molar refractivity (Wildman–Crippen MR) is 103 cm³/mol. The maximum Gasteiger partial charge on any atom is 0.0573 e. The molecule has 1 heteroatoms. The molecule has 0 aromatic carbocycles. The van der Waals surface area contributed by atoms with E-state index in [-0.39, 0.29) is 11.5 Å². The lowest BCUT2D eigenvalue weighted by molar-refractivity contribution is -0.0553. The summed E-state index contributed by atoms with van der Waals surface area (Å²) >= 11 is 0. The Morgan fingerprint density at radius 2 is 1.13 bits per heavy atom. The first kappa shape index (κ1) is 21.0.